The number of thioether (sulfide) groups is 1. The SMILES string of the molecule is Cc1nc2cc(NC(=O)c3ccc4c(c3)NC(=O)C(C)S4)ccc2o1. The maximum Gasteiger partial charge on any atom is 0.255 e. The van der Waals surface area contributed by atoms with Crippen molar-refractivity contribution >= 4 is 46.1 Å². The molecule has 7 heteroatoms. The van der Waals surface area contributed by atoms with Crippen LogP contribution in [0.4, 0.5) is 11.4 Å². The van der Waals surface area contributed by atoms with Crippen LogP contribution in [0, 0.1) is 6.92 Å². The summed E-state index contributed by atoms with van der Waals surface area (Å²) in [5, 5.41) is 5.55. The Morgan fingerprint density at radius 3 is 2.96 bits per heavy atom. The molecule has 25 heavy (non-hydrogen) atoms. The van der Waals surface area contributed by atoms with Gasteiger partial charge in [-0.3, -0.25) is 9.59 Å². The standard InChI is InChI=1S/C18H15N3O3S/c1-9-17(22)21-14-7-11(3-6-16(14)25-9)18(23)20-12-4-5-15-13(8-12)19-10(2)24-15/h3-9H,1-2H3,(H,20,23)(H,21,22). The normalized spacial score (nSPS) is 16.4. The summed E-state index contributed by atoms with van der Waals surface area (Å²) in [6.07, 6.45) is 0. The summed E-state index contributed by atoms with van der Waals surface area (Å²) >= 11 is 1.49. The third-order valence-electron chi connectivity index (χ3n) is 3.92. The number of carbonyl (C=O) groups excluding carboxylic acids is 2. The molecule has 0 spiro atoms. The van der Waals surface area contributed by atoms with Crippen molar-refractivity contribution in [3.8, 4) is 0 Å². The molecule has 1 aliphatic rings. The number of anilines is 2. The van der Waals surface area contributed by atoms with Crippen molar-refractivity contribution in [2.75, 3.05) is 10.6 Å². The third kappa shape index (κ3) is 2.98. The van der Waals surface area contributed by atoms with Gasteiger partial charge >= 0.3 is 0 Å². The Labute approximate surface area is 148 Å². The predicted octanol–water partition coefficient (Wildman–Crippen LogP) is 3.82. The van der Waals surface area contributed by atoms with Crippen LogP contribution in [0.2, 0.25) is 0 Å². The van der Waals surface area contributed by atoms with Gasteiger partial charge in [0.1, 0.15) is 5.52 Å². The van der Waals surface area contributed by atoms with E-state index in [0.29, 0.717) is 33.9 Å². The highest BCUT2D eigenvalue weighted by Crippen LogP contribution is 2.36. The van der Waals surface area contributed by atoms with Gasteiger partial charge in [-0.15, -0.1) is 11.8 Å². The number of nitrogens with one attached hydrogen (secondary N) is 2. The zero-order chi connectivity index (χ0) is 17.6. The molecule has 2 N–H and O–H groups in total. The zero-order valence-corrected chi connectivity index (χ0v) is 14.4. The molecular weight excluding hydrogens is 338 g/mol. The summed E-state index contributed by atoms with van der Waals surface area (Å²) in [6, 6.07) is 10.6. The number of hydrogen-bond acceptors (Lipinski definition) is 5. The summed E-state index contributed by atoms with van der Waals surface area (Å²) in [4.78, 5) is 29.5. The predicted molar refractivity (Wildman–Crippen MR) is 97.1 cm³/mol. The molecule has 6 nitrogen and oxygen atoms in total. The molecule has 1 atom stereocenters. The van der Waals surface area contributed by atoms with Crippen LogP contribution in [0.5, 0.6) is 0 Å². The quantitative estimate of drug-likeness (QED) is 0.732. The van der Waals surface area contributed by atoms with Crippen LogP contribution >= 0.6 is 11.8 Å². The van der Waals surface area contributed by atoms with Gasteiger partial charge in [-0.1, -0.05) is 0 Å². The summed E-state index contributed by atoms with van der Waals surface area (Å²) in [5.74, 6) is 0.276. The van der Waals surface area contributed by atoms with E-state index >= 15 is 0 Å². The molecule has 0 fully saturated rings. The zero-order valence-electron chi connectivity index (χ0n) is 13.6. The lowest BCUT2D eigenvalue weighted by molar-refractivity contribution is -0.115. The van der Waals surface area contributed by atoms with Gasteiger partial charge in [-0.05, 0) is 43.3 Å². The molecule has 1 aliphatic heterocycles. The van der Waals surface area contributed by atoms with E-state index in [1.54, 1.807) is 37.3 Å². The first-order valence-electron chi connectivity index (χ1n) is 7.80. The number of fused-ring (bicyclic) bond motifs is 2. The van der Waals surface area contributed by atoms with Crippen molar-refractivity contribution in [3.63, 3.8) is 0 Å². The van der Waals surface area contributed by atoms with E-state index in [1.807, 2.05) is 13.0 Å². The lowest BCUT2D eigenvalue weighted by atomic mass is 10.1. The van der Waals surface area contributed by atoms with Gasteiger partial charge in [-0.2, -0.15) is 0 Å². The molecule has 0 saturated heterocycles. The number of aromatic nitrogens is 1. The van der Waals surface area contributed by atoms with Crippen LogP contribution in [0.1, 0.15) is 23.2 Å². The van der Waals surface area contributed by atoms with E-state index in [1.165, 1.54) is 11.8 Å². The highest BCUT2D eigenvalue weighted by Gasteiger charge is 2.23. The molecule has 126 valence electrons. The monoisotopic (exact) mass is 353 g/mol. The number of benzene rings is 2. The molecular formula is C18H15N3O3S. The van der Waals surface area contributed by atoms with Gasteiger partial charge < -0.3 is 15.1 Å². The Balaban J connectivity index is 1.58. The van der Waals surface area contributed by atoms with Crippen LogP contribution < -0.4 is 10.6 Å². The summed E-state index contributed by atoms with van der Waals surface area (Å²) < 4.78 is 5.43. The highest BCUT2D eigenvalue weighted by atomic mass is 32.2. The summed E-state index contributed by atoms with van der Waals surface area (Å²) in [5.41, 5.74) is 3.15. The van der Waals surface area contributed by atoms with E-state index in [9.17, 15) is 9.59 Å². The summed E-state index contributed by atoms with van der Waals surface area (Å²) in [7, 11) is 0. The third-order valence-corrected chi connectivity index (χ3v) is 5.10. The maximum atomic E-state index is 12.5. The second-order valence-electron chi connectivity index (χ2n) is 5.83. The molecule has 2 amide bonds. The lowest BCUT2D eigenvalue weighted by Gasteiger charge is -2.21. The molecule has 4 rings (SSSR count). The fourth-order valence-corrected chi connectivity index (χ4v) is 3.60. The Bertz CT molecular complexity index is 1010. The van der Waals surface area contributed by atoms with Crippen LogP contribution in [0.25, 0.3) is 11.1 Å². The van der Waals surface area contributed by atoms with E-state index in [-0.39, 0.29) is 17.1 Å². The smallest absolute Gasteiger partial charge is 0.255 e. The molecule has 2 aromatic carbocycles. The molecule has 1 unspecified atom stereocenters. The average molecular weight is 353 g/mol. The molecule has 0 bridgehead atoms. The molecule has 0 aliphatic carbocycles. The second-order valence-corrected chi connectivity index (χ2v) is 7.21. The number of nitrogens with zero attached hydrogens (tertiary/aromatic N) is 1. The maximum absolute atomic E-state index is 12.5. The highest BCUT2D eigenvalue weighted by molar-refractivity contribution is 8.00. The van der Waals surface area contributed by atoms with E-state index < -0.39 is 0 Å². The van der Waals surface area contributed by atoms with Crippen LogP contribution in [-0.4, -0.2) is 22.0 Å². The fraction of sp³-hybridized carbons (Fsp3) is 0.167. The molecule has 2 heterocycles. The number of aryl methyl sites for hydroxylation is 1. The lowest BCUT2D eigenvalue weighted by Crippen LogP contribution is -2.26. The van der Waals surface area contributed by atoms with Crippen molar-refractivity contribution in [2.45, 2.75) is 24.0 Å². The first-order valence-corrected chi connectivity index (χ1v) is 8.68. The van der Waals surface area contributed by atoms with Crippen LogP contribution in [0.15, 0.2) is 45.7 Å². The molecule has 0 radical (unpaired) electrons. The van der Waals surface area contributed by atoms with Crippen molar-refractivity contribution < 1.29 is 14.0 Å². The first-order chi connectivity index (χ1) is 12.0. The van der Waals surface area contributed by atoms with Crippen LogP contribution in [0.3, 0.4) is 0 Å². The largest absolute Gasteiger partial charge is 0.441 e. The fourth-order valence-electron chi connectivity index (χ4n) is 2.67. The Morgan fingerprint density at radius 1 is 1.28 bits per heavy atom. The minimum absolute atomic E-state index is 0.0538. The topological polar surface area (TPSA) is 84.2 Å². The van der Waals surface area contributed by atoms with Gasteiger partial charge in [0, 0.05) is 23.1 Å². The van der Waals surface area contributed by atoms with Crippen molar-refractivity contribution in [3.05, 3.63) is 47.9 Å². The van der Waals surface area contributed by atoms with Crippen molar-refractivity contribution in [2.24, 2.45) is 0 Å². The first kappa shape index (κ1) is 15.7. The minimum Gasteiger partial charge on any atom is -0.441 e. The van der Waals surface area contributed by atoms with Gasteiger partial charge in [0.2, 0.25) is 5.91 Å². The molecule has 0 saturated carbocycles. The number of amides is 2. The molecule has 1 aromatic heterocycles. The number of rotatable bonds is 2. The van der Waals surface area contributed by atoms with E-state index in [2.05, 4.69) is 15.6 Å². The average Bonchev–Trinajstić information content (AvgIpc) is 2.94. The summed E-state index contributed by atoms with van der Waals surface area (Å²) in [6.45, 7) is 3.63. The van der Waals surface area contributed by atoms with Crippen molar-refractivity contribution in [1.82, 2.24) is 4.98 Å². The van der Waals surface area contributed by atoms with Crippen molar-refractivity contribution in [1.29, 1.82) is 0 Å². The van der Waals surface area contributed by atoms with E-state index in [0.717, 1.165) is 4.90 Å². The molecule has 3 aromatic rings. The minimum atomic E-state index is -0.250. The Morgan fingerprint density at radius 2 is 2.12 bits per heavy atom. The van der Waals surface area contributed by atoms with Gasteiger partial charge in [-0.25, -0.2) is 4.98 Å². The van der Waals surface area contributed by atoms with Crippen LogP contribution in [-0.2, 0) is 4.79 Å². The Kier molecular flexibility index (Phi) is 3.73. The van der Waals surface area contributed by atoms with Gasteiger partial charge in [0.05, 0.1) is 10.9 Å². The Hall–Kier alpha value is -2.80. The number of hydrogen-bond donors (Lipinski definition) is 2. The number of carbonyl (C=O) groups is 2. The second kappa shape index (κ2) is 5.93. The van der Waals surface area contributed by atoms with Gasteiger partial charge in [0.25, 0.3) is 5.91 Å². The number of oxazole rings is 1. The van der Waals surface area contributed by atoms with E-state index in [4.69, 9.17) is 4.42 Å². The van der Waals surface area contributed by atoms with Gasteiger partial charge in [0.15, 0.2) is 11.5 Å².